The number of hydrogen-bond acceptors (Lipinski definition) is 1. The summed E-state index contributed by atoms with van der Waals surface area (Å²) in [6.45, 7) is 14.9. The standard InChI is InChI=1S/C18H29N/c1-13(19-12-16-11-18(16,5)6)14-7-9-15(10-8-14)17(2,3)4/h7-10,13,16,19H,11-12H2,1-6H3. The van der Waals surface area contributed by atoms with E-state index in [1.807, 2.05) is 0 Å². The van der Waals surface area contributed by atoms with E-state index in [-0.39, 0.29) is 5.41 Å². The lowest BCUT2D eigenvalue weighted by atomic mass is 9.86. The van der Waals surface area contributed by atoms with Gasteiger partial charge < -0.3 is 5.32 Å². The van der Waals surface area contributed by atoms with E-state index in [2.05, 4.69) is 71.1 Å². The highest BCUT2D eigenvalue weighted by molar-refractivity contribution is 5.29. The molecule has 19 heavy (non-hydrogen) atoms. The molecule has 1 saturated carbocycles. The smallest absolute Gasteiger partial charge is 0.0291 e. The van der Waals surface area contributed by atoms with Crippen molar-refractivity contribution in [3.8, 4) is 0 Å². The van der Waals surface area contributed by atoms with Crippen LogP contribution in [0.25, 0.3) is 0 Å². The van der Waals surface area contributed by atoms with Gasteiger partial charge in [0.25, 0.3) is 0 Å². The van der Waals surface area contributed by atoms with E-state index in [1.165, 1.54) is 17.5 Å². The Morgan fingerprint density at radius 3 is 2.16 bits per heavy atom. The molecule has 0 spiro atoms. The predicted molar refractivity (Wildman–Crippen MR) is 83.4 cm³/mol. The highest BCUT2D eigenvalue weighted by atomic mass is 14.9. The third-order valence-corrected chi connectivity index (χ3v) is 4.66. The van der Waals surface area contributed by atoms with E-state index >= 15 is 0 Å². The first kappa shape index (κ1) is 14.6. The van der Waals surface area contributed by atoms with Gasteiger partial charge in [0, 0.05) is 6.04 Å². The molecule has 1 aliphatic carbocycles. The fraction of sp³-hybridized carbons (Fsp3) is 0.667. The molecule has 0 aromatic heterocycles. The van der Waals surface area contributed by atoms with Gasteiger partial charge >= 0.3 is 0 Å². The SMILES string of the molecule is CC(NCC1CC1(C)C)c1ccc(C(C)(C)C)cc1. The summed E-state index contributed by atoms with van der Waals surface area (Å²) < 4.78 is 0. The molecular formula is C18H29N. The van der Waals surface area contributed by atoms with Crippen molar-refractivity contribution >= 4 is 0 Å². The Morgan fingerprint density at radius 1 is 1.21 bits per heavy atom. The third kappa shape index (κ3) is 3.60. The Balaban J connectivity index is 1.91. The van der Waals surface area contributed by atoms with E-state index in [4.69, 9.17) is 0 Å². The molecule has 1 aromatic carbocycles. The maximum absolute atomic E-state index is 3.67. The van der Waals surface area contributed by atoms with Crippen LogP contribution in [0.4, 0.5) is 0 Å². The average molecular weight is 259 g/mol. The van der Waals surface area contributed by atoms with E-state index in [9.17, 15) is 0 Å². The van der Waals surface area contributed by atoms with Gasteiger partial charge in [0.1, 0.15) is 0 Å². The summed E-state index contributed by atoms with van der Waals surface area (Å²) >= 11 is 0. The fourth-order valence-electron chi connectivity index (χ4n) is 2.63. The lowest BCUT2D eigenvalue weighted by molar-refractivity contribution is 0.485. The highest BCUT2D eigenvalue weighted by Crippen LogP contribution is 2.51. The van der Waals surface area contributed by atoms with Crippen molar-refractivity contribution in [3.63, 3.8) is 0 Å². The molecule has 1 aromatic rings. The Morgan fingerprint density at radius 2 is 1.74 bits per heavy atom. The summed E-state index contributed by atoms with van der Waals surface area (Å²) in [7, 11) is 0. The second-order valence-electron chi connectivity index (χ2n) is 7.89. The minimum Gasteiger partial charge on any atom is -0.310 e. The normalized spacial score (nSPS) is 23.2. The third-order valence-electron chi connectivity index (χ3n) is 4.66. The van der Waals surface area contributed by atoms with Crippen LogP contribution in [0.5, 0.6) is 0 Å². The van der Waals surface area contributed by atoms with Crippen LogP contribution in [-0.4, -0.2) is 6.54 Å². The summed E-state index contributed by atoms with van der Waals surface area (Å²) in [5.74, 6) is 0.865. The highest BCUT2D eigenvalue weighted by Gasteiger charge is 2.44. The molecule has 2 unspecified atom stereocenters. The zero-order valence-corrected chi connectivity index (χ0v) is 13.4. The van der Waals surface area contributed by atoms with E-state index in [0.717, 1.165) is 12.5 Å². The van der Waals surface area contributed by atoms with E-state index in [1.54, 1.807) is 0 Å². The minimum atomic E-state index is 0.243. The van der Waals surface area contributed by atoms with Gasteiger partial charge in [0.05, 0.1) is 0 Å². The number of hydrogen-bond donors (Lipinski definition) is 1. The Kier molecular flexibility index (Phi) is 3.79. The van der Waals surface area contributed by atoms with Gasteiger partial charge in [-0.3, -0.25) is 0 Å². The average Bonchev–Trinajstić information content (AvgIpc) is 2.93. The summed E-state index contributed by atoms with van der Waals surface area (Å²) in [4.78, 5) is 0. The van der Waals surface area contributed by atoms with Crippen molar-refractivity contribution in [1.82, 2.24) is 5.32 Å². The molecule has 1 aliphatic rings. The van der Waals surface area contributed by atoms with Crippen molar-refractivity contribution in [2.24, 2.45) is 11.3 Å². The molecule has 1 N–H and O–H groups in total. The zero-order chi connectivity index (χ0) is 14.3. The van der Waals surface area contributed by atoms with Crippen molar-refractivity contribution in [3.05, 3.63) is 35.4 Å². The lowest BCUT2D eigenvalue weighted by Gasteiger charge is -2.21. The van der Waals surface area contributed by atoms with Crippen molar-refractivity contribution < 1.29 is 0 Å². The van der Waals surface area contributed by atoms with Crippen LogP contribution < -0.4 is 5.32 Å². The number of nitrogens with one attached hydrogen (secondary N) is 1. The van der Waals surface area contributed by atoms with Gasteiger partial charge in [-0.25, -0.2) is 0 Å². The monoisotopic (exact) mass is 259 g/mol. The molecule has 0 radical (unpaired) electrons. The first-order chi connectivity index (χ1) is 8.70. The summed E-state index contributed by atoms with van der Waals surface area (Å²) in [6.07, 6.45) is 1.37. The molecule has 106 valence electrons. The molecular weight excluding hydrogens is 230 g/mol. The Hall–Kier alpha value is -0.820. The Bertz CT molecular complexity index is 422. The Labute approximate surface area is 118 Å². The van der Waals surface area contributed by atoms with Gasteiger partial charge in [-0.15, -0.1) is 0 Å². The van der Waals surface area contributed by atoms with E-state index in [0.29, 0.717) is 11.5 Å². The first-order valence-electron chi connectivity index (χ1n) is 7.54. The predicted octanol–water partition coefficient (Wildman–Crippen LogP) is 4.68. The zero-order valence-electron chi connectivity index (χ0n) is 13.4. The second-order valence-corrected chi connectivity index (χ2v) is 7.89. The second kappa shape index (κ2) is 4.94. The van der Waals surface area contributed by atoms with Gasteiger partial charge in [-0.05, 0) is 47.8 Å². The molecule has 0 bridgehead atoms. The topological polar surface area (TPSA) is 12.0 Å². The molecule has 1 nitrogen and oxygen atoms in total. The van der Waals surface area contributed by atoms with Crippen LogP contribution >= 0.6 is 0 Å². The summed E-state index contributed by atoms with van der Waals surface area (Å²) in [5, 5.41) is 3.67. The summed E-state index contributed by atoms with van der Waals surface area (Å²) in [6, 6.07) is 9.54. The van der Waals surface area contributed by atoms with Crippen molar-refractivity contribution in [2.45, 2.75) is 59.4 Å². The van der Waals surface area contributed by atoms with Crippen molar-refractivity contribution in [1.29, 1.82) is 0 Å². The largest absolute Gasteiger partial charge is 0.310 e. The molecule has 0 aliphatic heterocycles. The van der Waals surface area contributed by atoms with Gasteiger partial charge in [-0.1, -0.05) is 58.9 Å². The van der Waals surface area contributed by atoms with Gasteiger partial charge in [0.2, 0.25) is 0 Å². The molecule has 1 fully saturated rings. The van der Waals surface area contributed by atoms with Gasteiger partial charge in [0.15, 0.2) is 0 Å². The molecule has 2 atom stereocenters. The van der Waals surface area contributed by atoms with Crippen LogP contribution in [-0.2, 0) is 5.41 Å². The number of rotatable bonds is 4. The minimum absolute atomic E-state index is 0.243. The molecule has 2 rings (SSSR count). The lowest BCUT2D eigenvalue weighted by Crippen LogP contribution is -2.22. The van der Waals surface area contributed by atoms with Gasteiger partial charge in [-0.2, -0.15) is 0 Å². The molecule has 0 saturated heterocycles. The first-order valence-corrected chi connectivity index (χ1v) is 7.54. The molecule has 1 heteroatoms. The fourth-order valence-corrected chi connectivity index (χ4v) is 2.63. The van der Waals surface area contributed by atoms with Crippen LogP contribution in [0, 0.1) is 11.3 Å². The molecule has 0 amide bonds. The quantitative estimate of drug-likeness (QED) is 0.827. The number of benzene rings is 1. The van der Waals surface area contributed by atoms with Crippen LogP contribution in [0.1, 0.15) is 65.1 Å². The van der Waals surface area contributed by atoms with Crippen LogP contribution in [0.2, 0.25) is 0 Å². The molecule has 0 heterocycles. The van der Waals surface area contributed by atoms with E-state index < -0.39 is 0 Å². The maximum Gasteiger partial charge on any atom is 0.0291 e. The van der Waals surface area contributed by atoms with Crippen molar-refractivity contribution in [2.75, 3.05) is 6.54 Å². The maximum atomic E-state index is 3.67. The van der Waals surface area contributed by atoms with Crippen LogP contribution in [0.3, 0.4) is 0 Å². The van der Waals surface area contributed by atoms with Crippen LogP contribution in [0.15, 0.2) is 24.3 Å². The summed E-state index contributed by atoms with van der Waals surface area (Å²) in [5.41, 5.74) is 3.62.